The third-order valence-electron chi connectivity index (χ3n) is 7.31. The molecule has 0 radical (unpaired) electrons. The van der Waals surface area contributed by atoms with Crippen LogP contribution in [-0.4, -0.2) is 17.4 Å². The van der Waals surface area contributed by atoms with Gasteiger partial charge in [0.2, 0.25) is 6.29 Å². The minimum Gasteiger partial charge on any atom is -0.436 e. The van der Waals surface area contributed by atoms with E-state index >= 15 is 0 Å². The molecule has 0 bridgehead atoms. The van der Waals surface area contributed by atoms with Crippen LogP contribution >= 0.6 is 0 Å². The Morgan fingerprint density at radius 2 is 0.771 bits per heavy atom. The van der Waals surface area contributed by atoms with Gasteiger partial charge in [0.05, 0.1) is 0 Å². The molecule has 0 aliphatic rings. The zero-order valence-corrected chi connectivity index (χ0v) is 24.1. The molecule has 0 amide bonds. The van der Waals surface area contributed by atoms with Gasteiger partial charge in [0.15, 0.2) is 0 Å². The number of carbonyl (C=O) groups is 1. The average molecular weight is 497 g/mol. The second kappa shape index (κ2) is 29.7. The minimum absolute atomic E-state index is 0.227. The highest BCUT2D eigenvalue weighted by Gasteiger charge is 2.10. The van der Waals surface area contributed by atoms with Crippen LogP contribution in [0.15, 0.2) is 0 Å². The van der Waals surface area contributed by atoms with Crippen LogP contribution in [0, 0.1) is 0 Å². The van der Waals surface area contributed by atoms with Gasteiger partial charge >= 0.3 is 5.97 Å². The number of rotatable bonds is 29. The Bertz CT molecular complexity index is 410. The monoisotopic (exact) mass is 496 g/mol. The van der Waals surface area contributed by atoms with E-state index in [2.05, 4.69) is 13.8 Å². The van der Waals surface area contributed by atoms with E-state index in [-0.39, 0.29) is 5.97 Å². The van der Waals surface area contributed by atoms with E-state index in [9.17, 15) is 9.90 Å². The molecule has 0 aromatic rings. The number of ether oxygens (including phenoxy) is 1. The topological polar surface area (TPSA) is 46.5 Å². The van der Waals surface area contributed by atoms with E-state index in [1.165, 1.54) is 141 Å². The summed E-state index contributed by atoms with van der Waals surface area (Å²) in [6.45, 7) is 4.54. The normalized spacial score (nSPS) is 12.2. The molecule has 1 atom stereocenters. The Morgan fingerprint density at radius 1 is 0.486 bits per heavy atom. The summed E-state index contributed by atoms with van der Waals surface area (Å²) in [5, 5.41) is 9.96. The number of unbranched alkanes of at least 4 members (excludes halogenated alkanes) is 24. The summed E-state index contributed by atoms with van der Waals surface area (Å²) in [7, 11) is 0. The fourth-order valence-electron chi connectivity index (χ4n) is 4.89. The van der Waals surface area contributed by atoms with Crippen LogP contribution in [0.5, 0.6) is 0 Å². The van der Waals surface area contributed by atoms with E-state index < -0.39 is 6.29 Å². The van der Waals surface area contributed by atoms with Gasteiger partial charge in [-0.05, 0) is 12.8 Å². The summed E-state index contributed by atoms with van der Waals surface area (Å²) in [4.78, 5) is 11.9. The van der Waals surface area contributed by atoms with Gasteiger partial charge in [0.1, 0.15) is 0 Å². The lowest BCUT2D eigenvalue weighted by Gasteiger charge is -2.12. The fourth-order valence-corrected chi connectivity index (χ4v) is 4.89. The smallest absolute Gasteiger partial charge is 0.308 e. The first-order chi connectivity index (χ1) is 17.2. The first-order valence-corrected chi connectivity index (χ1v) is 16.1. The van der Waals surface area contributed by atoms with Gasteiger partial charge in [-0.2, -0.15) is 0 Å². The standard InChI is InChI=1S/C32H64O3/c1-3-5-7-9-11-13-15-17-19-21-23-25-27-29-31(33)35-32(34)30-28-26-24-22-20-18-16-14-12-10-8-6-4-2/h31,33H,3-30H2,1-2H3. The zero-order chi connectivity index (χ0) is 25.7. The molecule has 0 aliphatic heterocycles. The van der Waals surface area contributed by atoms with Crippen molar-refractivity contribution in [3.05, 3.63) is 0 Å². The van der Waals surface area contributed by atoms with Crippen molar-refractivity contribution in [1.82, 2.24) is 0 Å². The lowest BCUT2D eigenvalue weighted by atomic mass is 10.0. The van der Waals surface area contributed by atoms with E-state index in [0.29, 0.717) is 12.8 Å². The Kier molecular flexibility index (Phi) is 29.2. The van der Waals surface area contributed by atoms with Crippen LogP contribution in [0.3, 0.4) is 0 Å². The molecule has 210 valence electrons. The van der Waals surface area contributed by atoms with Crippen molar-refractivity contribution in [1.29, 1.82) is 0 Å². The molecule has 3 nitrogen and oxygen atoms in total. The molecule has 3 heteroatoms. The van der Waals surface area contributed by atoms with Crippen LogP contribution in [0.1, 0.15) is 194 Å². The second-order valence-electron chi connectivity index (χ2n) is 11.0. The molecular formula is C32H64O3. The lowest BCUT2D eigenvalue weighted by molar-refractivity contribution is -0.168. The van der Waals surface area contributed by atoms with Gasteiger partial charge in [0, 0.05) is 12.8 Å². The fraction of sp³-hybridized carbons (Fsp3) is 0.969. The molecule has 0 spiro atoms. The maximum Gasteiger partial charge on any atom is 0.308 e. The highest BCUT2D eigenvalue weighted by atomic mass is 16.6. The van der Waals surface area contributed by atoms with Gasteiger partial charge in [-0.15, -0.1) is 0 Å². The molecule has 0 aliphatic carbocycles. The number of aliphatic hydroxyl groups excluding tert-OH is 1. The molecule has 0 aromatic carbocycles. The summed E-state index contributed by atoms with van der Waals surface area (Å²) < 4.78 is 5.18. The molecule has 0 heterocycles. The SMILES string of the molecule is CCCCCCCCCCCCCCCC(=O)OC(O)CCCCCCCCCCCCCCC. The Morgan fingerprint density at radius 3 is 1.11 bits per heavy atom. The second-order valence-corrected chi connectivity index (χ2v) is 11.0. The van der Waals surface area contributed by atoms with Gasteiger partial charge in [-0.1, -0.05) is 168 Å². The summed E-state index contributed by atoms with van der Waals surface area (Å²) >= 11 is 0. The number of aliphatic hydroxyl groups is 1. The Hall–Kier alpha value is -0.570. The van der Waals surface area contributed by atoms with Crippen molar-refractivity contribution in [2.45, 2.75) is 200 Å². The third kappa shape index (κ3) is 29.5. The summed E-state index contributed by atoms with van der Waals surface area (Å²) in [6.07, 6.45) is 34.1. The maximum atomic E-state index is 11.9. The molecular weight excluding hydrogens is 432 g/mol. The van der Waals surface area contributed by atoms with E-state index in [0.717, 1.165) is 25.7 Å². The van der Waals surface area contributed by atoms with Crippen molar-refractivity contribution >= 4 is 5.97 Å². The van der Waals surface area contributed by atoms with Crippen molar-refractivity contribution in [2.75, 3.05) is 0 Å². The number of hydrogen-bond acceptors (Lipinski definition) is 3. The average Bonchev–Trinajstić information content (AvgIpc) is 2.85. The van der Waals surface area contributed by atoms with Crippen LogP contribution < -0.4 is 0 Å². The predicted molar refractivity (Wildman–Crippen MR) is 153 cm³/mol. The zero-order valence-electron chi connectivity index (χ0n) is 24.1. The summed E-state index contributed by atoms with van der Waals surface area (Å²) in [5.41, 5.74) is 0. The molecule has 1 unspecified atom stereocenters. The molecule has 0 saturated carbocycles. The molecule has 0 saturated heterocycles. The van der Waals surface area contributed by atoms with Crippen LogP contribution in [0.4, 0.5) is 0 Å². The highest BCUT2D eigenvalue weighted by Crippen LogP contribution is 2.15. The quantitative estimate of drug-likeness (QED) is 0.0636. The van der Waals surface area contributed by atoms with E-state index in [1.54, 1.807) is 0 Å². The van der Waals surface area contributed by atoms with Crippen molar-refractivity contribution in [3.8, 4) is 0 Å². The molecule has 0 aromatic heterocycles. The largest absolute Gasteiger partial charge is 0.436 e. The van der Waals surface area contributed by atoms with Crippen LogP contribution in [-0.2, 0) is 9.53 Å². The van der Waals surface area contributed by atoms with Gasteiger partial charge < -0.3 is 9.84 Å². The maximum absolute atomic E-state index is 11.9. The first-order valence-electron chi connectivity index (χ1n) is 16.1. The molecule has 1 N–H and O–H groups in total. The van der Waals surface area contributed by atoms with Crippen molar-refractivity contribution in [3.63, 3.8) is 0 Å². The van der Waals surface area contributed by atoms with Crippen molar-refractivity contribution < 1.29 is 14.6 Å². The first kappa shape index (κ1) is 34.4. The van der Waals surface area contributed by atoms with Gasteiger partial charge in [0.25, 0.3) is 0 Å². The van der Waals surface area contributed by atoms with E-state index in [4.69, 9.17) is 4.74 Å². The third-order valence-corrected chi connectivity index (χ3v) is 7.31. The minimum atomic E-state index is -0.905. The summed E-state index contributed by atoms with van der Waals surface area (Å²) in [6, 6.07) is 0. The van der Waals surface area contributed by atoms with Crippen LogP contribution in [0.25, 0.3) is 0 Å². The van der Waals surface area contributed by atoms with Gasteiger partial charge in [-0.3, -0.25) is 4.79 Å². The van der Waals surface area contributed by atoms with Gasteiger partial charge in [-0.25, -0.2) is 0 Å². The highest BCUT2D eigenvalue weighted by molar-refractivity contribution is 5.69. The number of carbonyl (C=O) groups excluding carboxylic acids is 1. The summed E-state index contributed by atoms with van der Waals surface area (Å²) in [5.74, 6) is -0.227. The molecule has 0 rings (SSSR count). The van der Waals surface area contributed by atoms with E-state index in [1.807, 2.05) is 0 Å². The predicted octanol–water partition coefficient (Wildman–Crippen LogP) is 10.8. The number of hydrogen-bond donors (Lipinski definition) is 1. The van der Waals surface area contributed by atoms with Crippen molar-refractivity contribution in [2.24, 2.45) is 0 Å². The Balaban J connectivity index is 3.28. The van der Waals surface area contributed by atoms with Crippen LogP contribution in [0.2, 0.25) is 0 Å². The Labute approximate surface area is 220 Å². The number of esters is 1. The molecule has 0 fully saturated rings. The lowest BCUT2D eigenvalue weighted by Crippen LogP contribution is -2.17. The molecule has 35 heavy (non-hydrogen) atoms.